The molecule has 0 saturated heterocycles. The minimum absolute atomic E-state index is 0.0590. The highest BCUT2D eigenvalue weighted by Crippen LogP contribution is 2.21. The first-order valence-electron chi connectivity index (χ1n) is 6.62. The van der Waals surface area contributed by atoms with Crippen molar-refractivity contribution >= 4 is 11.8 Å². The van der Waals surface area contributed by atoms with Crippen molar-refractivity contribution in [3.63, 3.8) is 0 Å². The summed E-state index contributed by atoms with van der Waals surface area (Å²) in [6.07, 6.45) is 2.45. The Morgan fingerprint density at radius 2 is 2.25 bits per heavy atom. The zero-order valence-electron chi connectivity index (χ0n) is 11.3. The molecule has 0 radical (unpaired) electrons. The van der Waals surface area contributed by atoms with E-state index in [1.165, 1.54) is 6.07 Å². The standard InChI is InChI=1S/C14H16FNO4/c1-2-3-4-9-7-12(18)20-10-8-11(17)16-14(13(9)10)19-6-5-15/h7H,2-6,8H2,1H3. The van der Waals surface area contributed by atoms with Crippen LogP contribution in [0, 0.1) is 0 Å². The van der Waals surface area contributed by atoms with E-state index in [2.05, 4.69) is 4.99 Å². The van der Waals surface area contributed by atoms with Crippen molar-refractivity contribution in [3.05, 3.63) is 33.4 Å². The lowest BCUT2D eigenvalue weighted by atomic mass is 9.99. The molecule has 0 saturated carbocycles. The lowest BCUT2D eigenvalue weighted by Crippen LogP contribution is -2.24. The third kappa shape index (κ3) is 3.12. The summed E-state index contributed by atoms with van der Waals surface area (Å²) in [5.74, 6) is -0.136. The fourth-order valence-electron chi connectivity index (χ4n) is 2.13. The van der Waals surface area contributed by atoms with Gasteiger partial charge in [0.2, 0.25) is 5.90 Å². The first-order valence-corrected chi connectivity index (χ1v) is 6.62. The molecule has 0 aromatic carbocycles. The number of amides is 1. The molecule has 0 aliphatic carbocycles. The fourth-order valence-corrected chi connectivity index (χ4v) is 2.13. The van der Waals surface area contributed by atoms with Crippen LogP contribution in [0.25, 0.3) is 0 Å². The molecule has 0 atom stereocenters. The summed E-state index contributed by atoms with van der Waals surface area (Å²) >= 11 is 0. The second kappa shape index (κ2) is 6.45. The van der Waals surface area contributed by atoms with Crippen molar-refractivity contribution in [2.45, 2.75) is 32.6 Å². The van der Waals surface area contributed by atoms with E-state index in [1.54, 1.807) is 0 Å². The predicted molar refractivity (Wildman–Crippen MR) is 70.8 cm³/mol. The molecule has 5 nitrogen and oxygen atoms in total. The van der Waals surface area contributed by atoms with E-state index in [-0.39, 0.29) is 24.7 Å². The molecule has 2 rings (SSSR count). The zero-order chi connectivity index (χ0) is 14.5. The SMILES string of the molecule is CCCCc1cc(=O)oc2c1C(OCCF)=NC(=O)C2. The van der Waals surface area contributed by atoms with Crippen LogP contribution in [0.1, 0.15) is 36.7 Å². The Morgan fingerprint density at radius 3 is 2.95 bits per heavy atom. The molecule has 108 valence electrons. The van der Waals surface area contributed by atoms with Gasteiger partial charge in [-0.15, -0.1) is 0 Å². The highest BCUT2D eigenvalue weighted by Gasteiger charge is 2.26. The smallest absolute Gasteiger partial charge is 0.336 e. The second-order valence-electron chi connectivity index (χ2n) is 4.52. The van der Waals surface area contributed by atoms with Gasteiger partial charge in [-0.3, -0.25) is 4.79 Å². The normalized spacial score (nSPS) is 13.9. The van der Waals surface area contributed by atoms with Crippen LogP contribution in [0.4, 0.5) is 4.39 Å². The number of alkyl halides is 1. The average Bonchev–Trinajstić information content (AvgIpc) is 2.41. The van der Waals surface area contributed by atoms with Gasteiger partial charge in [-0.25, -0.2) is 9.18 Å². The van der Waals surface area contributed by atoms with Gasteiger partial charge in [0.05, 0.1) is 12.0 Å². The van der Waals surface area contributed by atoms with E-state index in [1.807, 2.05) is 6.92 Å². The second-order valence-corrected chi connectivity index (χ2v) is 4.52. The summed E-state index contributed by atoms with van der Waals surface area (Å²) in [6.45, 7) is 1.18. The Bertz CT molecular complexity index is 591. The first-order chi connectivity index (χ1) is 9.65. The Labute approximate surface area is 115 Å². The lowest BCUT2D eigenvalue weighted by Gasteiger charge is -2.17. The van der Waals surface area contributed by atoms with E-state index in [9.17, 15) is 14.0 Å². The van der Waals surface area contributed by atoms with Crippen LogP contribution >= 0.6 is 0 Å². The maximum Gasteiger partial charge on any atom is 0.336 e. The Morgan fingerprint density at radius 1 is 1.45 bits per heavy atom. The number of hydrogen-bond donors (Lipinski definition) is 0. The third-order valence-corrected chi connectivity index (χ3v) is 2.98. The molecule has 0 N–H and O–H groups in total. The zero-order valence-corrected chi connectivity index (χ0v) is 11.3. The van der Waals surface area contributed by atoms with Gasteiger partial charge < -0.3 is 9.15 Å². The van der Waals surface area contributed by atoms with Crippen molar-refractivity contribution in [3.8, 4) is 0 Å². The van der Waals surface area contributed by atoms with Crippen molar-refractivity contribution in [1.82, 2.24) is 0 Å². The minimum atomic E-state index is -0.677. The van der Waals surface area contributed by atoms with Crippen LogP contribution < -0.4 is 5.63 Å². The molecule has 0 fully saturated rings. The van der Waals surface area contributed by atoms with E-state index >= 15 is 0 Å². The number of aryl methyl sites for hydroxylation is 1. The number of aliphatic imine (C=N–C) groups is 1. The molecule has 0 spiro atoms. The minimum Gasteiger partial charge on any atom is -0.474 e. The molecular weight excluding hydrogens is 265 g/mol. The van der Waals surface area contributed by atoms with Gasteiger partial charge in [-0.2, -0.15) is 4.99 Å². The van der Waals surface area contributed by atoms with Crippen molar-refractivity contribution in [2.24, 2.45) is 4.99 Å². The molecule has 1 aliphatic rings. The van der Waals surface area contributed by atoms with Crippen molar-refractivity contribution in [2.75, 3.05) is 13.3 Å². The molecule has 1 amide bonds. The number of carbonyl (C=O) groups excluding carboxylic acids is 1. The number of fused-ring (bicyclic) bond motifs is 1. The summed E-state index contributed by atoms with van der Waals surface area (Å²) in [4.78, 5) is 26.8. The van der Waals surface area contributed by atoms with Gasteiger partial charge in [0.1, 0.15) is 19.0 Å². The highest BCUT2D eigenvalue weighted by atomic mass is 19.1. The van der Waals surface area contributed by atoms with Crippen LogP contribution in [0.15, 0.2) is 20.3 Å². The van der Waals surface area contributed by atoms with Crippen LogP contribution in [0.3, 0.4) is 0 Å². The van der Waals surface area contributed by atoms with Crippen LogP contribution in [0.5, 0.6) is 0 Å². The number of carbonyl (C=O) groups is 1. The molecule has 6 heteroatoms. The predicted octanol–water partition coefficient (Wildman–Crippen LogP) is 1.80. The van der Waals surface area contributed by atoms with Crippen molar-refractivity contribution < 1.29 is 18.3 Å². The van der Waals surface area contributed by atoms with Crippen LogP contribution in [-0.2, 0) is 22.4 Å². The Hall–Kier alpha value is -1.98. The Balaban J connectivity index is 2.45. The van der Waals surface area contributed by atoms with E-state index in [0.29, 0.717) is 12.0 Å². The Kier molecular flexibility index (Phi) is 4.65. The number of ether oxygens (including phenoxy) is 1. The van der Waals surface area contributed by atoms with Crippen molar-refractivity contribution in [1.29, 1.82) is 0 Å². The molecule has 1 aromatic rings. The lowest BCUT2D eigenvalue weighted by molar-refractivity contribution is -0.117. The van der Waals surface area contributed by atoms with Gasteiger partial charge in [-0.1, -0.05) is 13.3 Å². The fraction of sp³-hybridized carbons (Fsp3) is 0.500. The van der Waals surface area contributed by atoms with Gasteiger partial charge >= 0.3 is 5.63 Å². The number of hydrogen-bond acceptors (Lipinski definition) is 4. The first kappa shape index (κ1) is 14.4. The number of rotatable bonds is 5. The molecule has 1 aliphatic heterocycles. The largest absolute Gasteiger partial charge is 0.474 e. The maximum atomic E-state index is 12.3. The molecule has 0 unspecified atom stereocenters. The summed E-state index contributed by atoms with van der Waals surface area (Å²) in [7, 11) is 0. The van der Waals surface area contributed by atoms with E-state index < -0.39 is 18.2 Å². The topological polar surface area (TPSA) is 68.9 Å². The van der Waals surface area contributed by atoms with Gasteiger partial charge in [0.15, 0.2) is 0 Å². The maximum absolute atomic E-state index is 12.3. The van der Waals surface area contributed by atoms with Crippen LogP contribution in [-0.4, -0.2) is 25.1 Å². The summed E-state index contributed by atoms with van der Waals surface area (Å²) < 4.78 is 22.5. The van der Waals surface area contributed by atoms with Crippen LogP contribution in [0.2, 0.25) is 0 Å². The number of halogens is 1. The number of unbranched alkanes of at least 4 members (excludes halogenated alkanes) is 1. The molecule has 2 heterocycles. The van der Waals surface area contributed by atoms with E-state index in [0.717, 1.165) is 18.4 Å². The monoisotopic (exact) mass is 281 g/mol. The summed E-state index contributed by atoms with van der Waals surface area (Å²) in [6, 6.07) is 1.39. The number of nitrogens with zero attached hydrogens (tertiary/aromatic N) is 1. The van der Waals surface area contributed by atoms with Gasteiger partial charge in [0.25, 0.3) is 5.91 Å². The molecule has 20 heavy (non-hydrogen) atoms. The van der Waals surface area contributed by atoms with Gasteiger partial charge in [-0.05, 0) is 18.4 Å². The third-order valence-electron chi connectivity index (χ3n) is 2.98. The quantitative estimate of drug-likeness (QED) is 0.825. The highest BCUT2D eigenvalue weighted by molar-refractivity contribution is 6.06. The molecule has 1 aromatic heterocycles. The summed E-state index contributed by atoms with van der Waals surface area (Å²) in [5.41, 5.74) is 0.781. The van der Waals surface area contributed by atoms with E-state index in [4.69, 9.17) is 9.15 Å². The van der Waals surface area contributed by atoms with Gasteiger partial charge in [0, 0.05) is 6.07 Å². The average molecular weight is 281 g/mol. The molecule has 0 bridgehead atoms. The molecular formula is C14H16FNO4. The summed E-state index contributed by atoms with van der Waals surface area (Å²) in [5, 5.41) is 0.